The summed E-state index contributed by atoms with van der Waals surface area (Å²) in [6, 6.07) is 0. The fourth-order valence-electron chi connectivity index (χ4n) is 5.23. The lowest BCUT2D eigenvalue weighted by atomic mass is 9.76. The van der Waals surface area contributed by atoms with E-state index in [-0.39, 0.29) is 57.7 Å². The van der Waals surface area contributed by atoms with Crippen LogP contribution in [0.3, 0.4) is 0 Å². The minimum absolute atomic E-state index is 0.0459. The lowest BCUT2D eigenvalue weighted by Crippen LogP contribution is -2.57. The predicted octanol–water partition coefficient (Wildman–Crippen LogP) is 2.83. The summed E-state index contributed by atoms with van der Waals surface area (Å²) in [5.74, 6) is -4.69. The third-order valence-corrected chi connectivity index (χ3v) is 8.27. The SMILES string of the molecule is C=CCOC(=O)C[C@H]1C[C@@H](CCOCC[C@@H](O)CC(=O)O[C@H](CC)CO)O[C@@H](/C=C/C(C)(C)[C@](O)(OC)[C@@H](OC(C)=O)/C(=C/C(=O)OC)CC)O1. The average molecular weight is 731 g/mol. The highest BCUT2D eigenvalue weighted by Crippen LogP contribution is 2.41. The van der Waals surface area contributed by atoms with Crippen LogP contribution in [-0.4, -0.2) is 122 Å². The molecule has 15 nitrogen and oxygen atoms in total. The van der Waals surface area contributed by atoms with Gasteiger partial charge in [0.15, 0.2) is 12.4 Å². The maximum atomic E-state index is 12.4. The minimum Gasteiger partial charge on any atom is -0.466 e. The maximum absolute atomic E-state index is 12.4. The molecule has 1 aliphatic heterocycles. The molecule has 1 fully saturated rings. The molecule has 51 heavy (non-hydrogen) atoms. The van der Waals surface area contributed by atoms with Crippen molar-refractivity contribution in [2.24, 2.45) is 5.41 Å². The Bertz CT molecular complexity index is 1160. The Morgan fingerprint density at radius 1 is 1.04 bits per heavy atom. The van der Waals surface area contributed by atoms with Crippen molar-refractivity contribution >= 4 is 23.9 Å². The number of carbonyl (C=O) groups excluding carboxylic acids is 4. The van der Waals surface area contributed by atoms with E-state index in [1.807, 2.05) is 0 Å². The van der Waals surface area contributed by atoms with E-state index < -0.39 is 71.9 Å². The van der Waals surface area contributed by atoms with Crippen molar-refractivity contribution in [1.82, 2.24) is 0 Å². The Morgan fingerprint density at radius 3 is 2.29 bits per heavy atom. The highest BCUT2D eigenvalue weighted by Gasteiger charge is 2.52. The van der Waals surface area contributed by atoms with Gasteiger partial charge in [0.1, 0.15) is 12.7 Å². The summed E-state index contributed by atoms with van der Waals surface area (Å²) >= 11 is 0. The van der Waals surface area contributed by atoms with Crippen LogP contribution in [0.5, 0.6) is 0 Å². The van der Waals surface area contributed by atoms with Crippen LogP contribution < -0.4 is 0 Å². The fourth-order valence-corrected chi connectivity index (χ4v) is 5.23. The van der Waals surface area contributed by atoms with Gasteiger partial charge in [0.2, 0.25) is 5.79 Å². The molecule has 0 unspecified atom stereocenters. The summed E-state index contributed by atoms with van der Waals surface area (Å²) < 4.78 is 44.0. The number of methoxy groups -OCH3 is 2. The van der Waals surface area contributed by atoms with E-state index in [4.69, 9.17) is 37.9 Å². The van der Waals surface area contributed by atoms with Gasteiger partial charge < -0.3 is 53.2 Å². The molecule has 292 valence electrons. The van der Waals surface area contributed by atoms with E-state index in [1.165, 1.54) is 27.2 Å². The molecule has 0 saturated carbocycles. The third kappa shape index (κ3) is 15.9. The fraction of sp³-hybridized carbons (Fsp3) is 0.722. The first-order valence-electron chi connectivity index (χ1n) is 17.1. The van der Waals surface area contributed by atoms with Crippen molar-refractivity contribution in [1.29, 1.82) is 0 Å². The molecule has 0 radical (unpaired) electrons. The number of aliphatic hydroxyl groups excluding tert-OH is 2. The van der Waals surface area contributed by atoms with E-state index in [0.29, 0.717) is 19.3 Å². The number of aliphatic hydroxyl groups is 3. The lowest BCUT2D eigenvalue weighted by Gasteiger charge is -2.45. The molecule has 0 spiro atoms. The zero-order valence-corrected chi connectivity index (χ0v) is 31.0. The number of hydrogen-bond donors (Lipinski definition) is 3. The standard InChI is InChI=1S/C36H58O15/c1-9-16-47-31(41)22-29-21-28(14-18-46-17-13-26(39)20-32(42)49-27(11-3)23-37)50-33(51-29)12-15-35(5,6)36(43,45-8)34(48-24(4)38)25(10-2)19-30(40)44-7/h9,12,15,19,26-29,33-34,37,39,43H,1,10-11,13-14,16-18,20-23H2,2-8H3/b15-12+,25-19+/t26-,27-,28-,29-,33-,34+,36-/m1/s1. The molecule has 0 aromatic heterocycles. The van der Waals surface area contributed by atoms with Gasteiger partial charge in [0, 0.05) is 45.2 Å². The Hall–Kier alpha value is -3.18. The Balaban J connectivity index is 3.09. The lowest BCUT2D eigenvalue weighted by molar-refractivity contribution is -0.283. The number of hydrogen-bond acceptors (Lipinski definition) is 15. The van der Waals surface area contributed by atoms with Crippen LogP contribution in [0.1, 0.15) is 79.6 Å². The molecule has 3 N–H and O–H groups in total. The van der Waals surface area contributed by atoms with Crippen molar-refractivity contribution in [3.8, 4) is 0 Å². The Kier molecular flexibility index (Phi) is 21.0. The topological polar surface area (TPSA) is 203 Å². The molecule has 7 atom stereocenters. The van der Waals surface area contributed by atoms with Crippen molar-refractivity contribution in [3.05, 3.63) is 36.5 Å². The second kappa shape index (κ2) is 23.4. The van der Waals surface area contributed by atoms with Gasteiger partial charge in [-0.2, -0.15) is 0 Å². The first-order chi connectivity index (χ1) is 24.1. The van der Waals surface area contributed by atoms with E-state index in [2.05, 4.69) is 6.58 Å². The van der Waals surface area contributed by atoms with Crippen LogP contribution >= 0.6 is 0 Å². The van der Waals surface area contributed by atoms with Gasteiger partial charge >= 0.3 is 23.9 Å². The summed E-state index contributed by atoms with van der Waals surface area (Å²) in [7, 11) is 2.45. The maximum Gasteiger partial charge on any atom is 0.330 e. The van der Waals surface area contributed by atoms with Crippen LogP contribution in [0.25, 0.3) is 0 Å². The van der Waals surface area contributed by atoms with Crippen LogP contribution in [-0.2, 0) is 57.1 Å². The van der Waals surface area contributed by atoms with Crippen LogP contribution in [0.4, 0.5) is 0 Å². The van der Waals surface area contributed by atoms with Gasteiger partial charge in [-0.05, 0) is 37.3 Å². The summed E-state index contributed by atoms with van der Waals surface area (Å²) in [4.78, 5) is 48.6. The first kappa shape index (κ1) is 45.8. The largest absolute Gasteiger partial charge is 0.466 e. The molecular weight excluding hydrogens is 672 g/mol. The zero-order valence-electron chi connectivity index (χ0n) is 31.0. The molecule has 1 aliphatic rings. The number of carbonyl (C=O) groups is 4. The van der Waals surface area contributed by atoms with E-state index in [9.17, 15) is 34.5 Å². The second-order valence-electron chi connectivity index (χ2n) is 12.6. The summed E-state index contributed by atoms with van der Waals surface area (Å²) in [5, 5.41) is 31.3. The van der Waals surface area contributed by atoms with Crippen LogP contribution in [0.2, 0.25) is 0 Å². The van der Waals surface area contributed by atoms with Gasteiger partial charge in [-0.3, -0.25) is 14.4 Å². The Labute approximate surface area is 300 Å². The smallest absolute Gasteiger partial charge is 0.330 e. The van der Waals surface area contributed by atoms with Gasteiger partial charge in [0.05, 0.1) is 44.9 Å². The highest BCUT2D eigenvalue weighted by atomic mass is 16.7. The van der Waals surface area contributed by atoms with Gasteiger partial charge in [-0.15, -0.1) is 0 Å². The van der Waals surface area contributed by atoms with Crippen LogP contribution in [0.15, 0.2) is 36.5 Å². The molecule has 0 aromatic rings. The second-order valence-corrected chi connectivity index (χ2v) is 12.6. The molecule has 1 saturated heterocycles. The van der Waals surface area contributed by atoms with Crippen molar-refractivity contribution in [3.63, 3.8) is 0 Å². The molecule has 0 amide bonds. The molecular formula is C36H58O15. The molecule has 0 aromatic carbocycles. The number of esters is 4. The van der Waals surface area contributed by atoms with Gasteiger partial charge in [-0.25, -0.2) is 4.79 Å². The quantitative estimate of drug-likeness (QED) is 0.0326. The third-order valence-electron chi connectivity index (χ3n) is 8.27. The highest BCUT2D eigenvalue weighted by molar-refractivity contribution is 5.83. The van der Waals surface area contributed by atoms with Crippen molar-refractivity contribution in [2.45, 2.75) is 122 Å². The summed E-state index contributed by atoms with van der Waals surface area (Å²) in [6.45, 7) is 11.6. The van der Waals surface area contributed by atoms with E-state index in [0.717, 1.165) is 6.08 Å². The number of ether oxygens (including phenoxy) is 8. The van der Waals surface area contributed by atoms with E-state index in [1.54, 1.807) is 39.8 Å². The van der Waals surface area contributed by atoms with E-state index >= 15 is 0 Å². The molecule has 0 aliphatic carbocycles. The predicted molar refractivity (Wildman–Crippen MR) is 183 cm³/mol. The van der Waals surface area contributed by atoms with Gasteiger partial charge in [0.25, 0.3) is 0 Å². The monoisotopic (exact) mass is 730 g/mol. The number of rotatable bonds is 24. The minimum atomic E-state index is -2.18. The molecule has 1 heterocycles. The average Bonchev–Trinajstić information content (AvgIpc) is 3.09. The first-order valence-corrected chi connectivity index (χ1v) is 17.1. The Morgan fingerprint density at radius 2 is 1.73 bits per heavy atom. The van der Waals surface area contributed by atoms with Gasteiger partial charge in [-0.1, -0.05) is 46.4 Å². The normalized spacial score (nSPS) is 21.2. The van der Waals surface area contributed by atoms with Crippen molar-refractivity contribution in [2.75, 3.05) is 40.6 Å². The molecule has 1 rings (SSSR count). The molecule has 0 bridgehead atoms. The molecule has 15 heteroatoms. The summed E-state index contributed by atoms with van der Waals surface area (Å²) in [6.07, 6.45) is 2.05. The zero-order chi connectivity index (χ0) is 38.6. The van der Waals surface area contributed by atoms with Crippen LogP contribution in [0, 0.1) is 5.41 Å². The summed E-state index contributed by atoms with van der Waals surface area (Å²) in [5.41, 5.74) is -1.04. The van der Waals surface area contributed by atoms with Crippen molar-refractivity contribution < 1.29 is 72.4 Å².